The molecular formula is C27H31F4N5O4. The van der Waals surface area contributed by atoms with Gasteiger partial charge in [-0.05, 0) is 52.8 Å². The first-order valence-corrected chi connectivity index (χ1v) is 12.9. The van der Waals surface area contributed by atoms with E-state index in [0.717, 1.165) is 0 Å². The summed E-state index contributed by atoms with van der Waals surface area (Å²) in [6.07, 6.45) is -5.36. The molecule has 1 aliphatic carbocycles. The van der Waals surface area contributed by atoms with Crippen molar-refractivity contribution >= 4 is 29.3 Å². The Morgan fingerprint density at radius 2 is 1.85 bits per heavy atom. The van der Waals surface area contributed by atoms with Crippen molar-refractivity contribution < 1.29 is 36.7 Å². The monoisotopic (exact) mass is 565 g/mol. The first kappa shape index (κ1) is 29.3. The second-order valence-electron chi connectivity index (χ2n) is 12.4. The minimum absolute atomic E-state index is 0.0952. The number of benzene rings is 1. The Hall–Kier alpha value is -3.69. The Labute approximate surface area is 228 Å². The number of hydrogen-bond acceptors (Lipinski definition) is 5. The van der Waals surface area contributed by atoms with E-state index in [1.165, 1.54) is 43.9 Å². The van der Waals surface area contributed by atoms with E-state index in [-0.39, 0.29) is 30.2 Å². The van der Waals surface area contributed by atoms with Crippen LogP contribution in [-0.4, -0.2) is 59.4 Å². The molecule has 0 spiro atoms. The third-order valence-corrected chi connectivity index (χ3v) is 8.31. The summed E-state index contributed by atoms with van der Waals surface area (Å²) in [5, 5.41) is 16.8. The molecule has 2 heterocycles. The fourth-order valence-electron chi connectivity index (χ4n) is 6.01. The van der Waals surface area contributed by atoms with Gasteiger partial charge in [-0.15, -0.1) is 0 Å². The number of fused-ring (bicyclic) bond motifs is 2. The summed E-state index contributed by atoms with van der Waals surface area (Å²) < 4.78 is 52.9. The molecule has 1 saturated heterocycles. The number of rotatable bonds is 6. The van der Waals surface area contributed by atoms with E-state index in [2.05, 4.69) is 10.6 Å². The number of anilines is 1. The maximum atomic E-state index is 13.8. The summed E-state index contributed by atoms with van der Waals surface area (Å²) in [6, 6.07) is 1.87. The zero-order valence-corrected chi connectivity index (χ0v) is 22.6. The Morgan fingerprint density at radius 3 is 2.42 bits per heavy atom. The summed E-state index contributed by atoms with van der Waals surface area (Å²) in [6.45, 7) is 8.42. The van der Waals surface area contributed by atoms with Gasteiger partial charge in [0.2, 0.25) is 17.7 Å². The highest BCUT2D eigenvalue weighted by Crippen LogP contribution is 2.65. The van der Waals surface area contributed by atoms with Crippen LogP contribution >= 0.6 is 0 Å². The second kappa shape index (κ2) is 9.74. The lowest BCUT2D eigenvalue weighted by atomic mass is 9.85. The molecule has 1 aromatic carbocycles. The van der Waals surface area contributed by atoms with Gasteiger partial charge in [-0.1, -0.05) is 34.6 Å². The number of nitrogens with one attached hydrogen (secondary N) is 3. The number of hydrogen-bond donors (Lipinski definition) is 3. The predicted molar refractivity (Wildman–Crippen MR) is 134 cm³/mol. The van der Waals surface area contributed by atoms with Crippen molar-refractivity contribution in [1.82, 2.24) is 15.5 Å². The number of piperidine rings is 1. The van der Waals surface area contributed by atoms with Crippen LogP contribution in [0.2, 0.25) is 0 Å². The topological polar surface area (TPSA) is 131 Å². The molecule has 216 valence electrons. The lowest BCUT2D eigenvalue weighted by molar-refractivity contribution is -0.176. The summed E-state index contributed by atoms with van der Waals surface area (Å²) >= 11 is 0. The van der Waals surface area contributed by atoms with E-state index < -0.39 is 65.1 Å². The van der Waals surface area contributed by atoms with Gasteiger partial charge in [-0.25, -0.2) is 4.39 Å². The van der Waals surface area contributed by atoms with Crippen LogP contribution in [0.5, 0.6) is 0 Å². The molecular weight excluding hydrogens is 534 g/mol. The van der Waals surface area contributed by atoms with Crippen molar-refractivity contribution in [2.24, 2.45) is 22.7 Å². The Morgan fingerprint density at radius 1 is 1.20 bits per heavy atom. The molecule has 2 aliphatic heterocycles. The summed E-state index contributed by atoms with van der Waals surface area (Å²) in [5.74, 6) is -6.13. The minimum atomic E-state index is -5.20. The fraction of sp³-hybridized carbons (Fsp3) is 0.593. The third kappa shape index (κ3) is 5.23. The van der Waals surface area contributed by atoms with Crippen LogP contribution in [0.25, 0.3) is 0 Å². The maximum absolute atomic E-state index is 13.8. The van der Waals surface area contributed by atoms with Crippen LogP contribution in [0, 0.1) is 39.8 Å². The van der Waals surface area contributed by atoms with Gasteiger partial charge in [-0.3, -0.25) is 19.2 Å². The molecule has 4 amide bonds. The number of halogens is 4. The maximum Gasteiger partial charge on any atom is 0.471 e. The molecule has 1 unspecified atom stereocenters. The van der Waals surface area contributed by atoms with E-state index in [1.807, 2.05) is 19.9 Å². The zero-order valence-electron chi connectivity index (χ0n) is 22.6. The summed E-state index contributed by atoms with van der Waals surface area (Å²) in [7, 11) is 0. The highest BCUT2D eigenvalue weighted by atomic mass is 19.4. The first-order chi connectivity index (χ1) is 18.4. The van der Waals surface area contributed by atoms with Gasteiger partial charge in [0, 0.05) is 12.2 Å². The van der Waals surface area contributed by atoms with Crippen molar-refractivity contribution in [2.75, 3.05) is 11.9 Å². The molecule has 40 heavy (non-hydrogen) atoms. The second-order valence-corrected chi connectivity index (χ2v) is 12.4. The number of amides is 4. The molecule has 3 aliphatic rings. The molecule has 6 atom stereocenters. The lowest BCUT2D eigenvalue weighted by Crippen LogP contribution is -2.61. The van der Waals surface area contributed by atoms with Crippen LogP contribution in [-0.2, 0) is 19.2 Å². The molecule has 1 aromatic rings. The molecule has 4 rings (SSSR count). The molecule has 1 saturated carbocycles. The normalized spacial score (nSPS) is 26.1. The average molecular weight is 566 g/mol. The molecule has 0 bridgehead atoms. The lowest BCUT2D eigenvalue weighted by Gasteiger charge is -2.37. The van der Waals surface area contributed by atoms with Crippen molar-refractivity contribution in [1.29, 1.82) is 5.26 Å². The Balaban J connectivity index is 1.55. The van der Waals surface area contributed by atoms with E-state index in [1.54, 1.807) is 5.32 Å². The van der Waals surface area contributed by atoms with Crippen molar-refractivity contribution in [3.63, 3.8) is 0 Å². The first-order valence-electron chi connectivity index (χ1n) is 12.9. The van der Waals surface area contributed by atoms with Crippen LogP contribution < -0.4 is 16.0 Å². The number of nitriles is 1. The number of carbonyl (C=O) groups excluding carboxylic acids is 4. The molecule has 3 N–H and O–H groups in total. The van der Waals surface area contributed by atoms with Gasteiger partial charge >= 0.3 is 12.1 Å². The highest BCUT2D eigenvalue weighted by molar-refractivity contribution is 6.03. The van der Waals surface area contributed by atoms with Gasteiger partial charge in [-0.2, -0.15) is 18.4 Å². The average Bonchev–Trinajstić information content (AvgIpc) is 3.14. The van der Waals surface area contributed by atoms with Gasteiger partial charge in [0.1, 0.15) is 23.9 Å². The smallest absolute Gasteiger partial charge is 0.339 e. The Bertz CT molecular complexity index is 1300. The van der Waals surface area contributed by atoms with Gasteiger partial charge in [0.05, 0.1) is 12.0 Å². The molecule has 0 aromatic heterocycles. The van der Waals surface area contributed by atoms with Crippen LogP contribution in [0.15, 0.2) is 18.2 Å². The molecule has 0 radical (unpaired) electrons. The van der Waals surface area contributed by atoms with Gasteiger partial charge in [0.25, 0.3) is 0 Å². The fourth-order valence-corrected chi connectivity index (χ4v) is 6.01. The summed E-state index contributed by atoms with van der Waals surface area (Å²) in [4.78, 5) is 52.6. The van der Waals surface area contributed by atoms with Crippen LogP contribution in [0.4, 0.5) is 23.2 Å². The highest BCUT2D eigenvalue weighted by Gasteiger charge is 2.70. The van der Waals surface area contributed by atoms with Gasteiger partial charge in [0.15, 0.2) is 0 Å². The molecule has 2 fully saturated rings. The molecule has 13 heteroatoms. The van der Waals surface area contributed by atoms with Crippen LogP contribution in [0.3, 0.4) is 0 Å². The van der Waals surface area contributed by atoms with E-state index in [0.29, 0.717) is 11.3 Å². The SMILES string of the molecule is CC(C)(C)[C@H](NC(=O)C(F)(F)F)C(=O)N1C[C@H]2[C@@H]([C@H]1C(=O)N[C@H](C#N)CC1C(=O)Nc3ccc(F)cc31)C2(C)C. The third-order valence-electron chi connectivity index (χ3n) is 8.31. The number of carbonyl (C=O) groups is 4. The van der Waals surface area contributed by atoms with Crippen molar-refractivity contribution in [3.8, 4) is 6.07 Å². The number of alkyl halides is 3. The van der Waals surface area contributed by atoms with Crippen molar-refractivity contribution in [2.45, 2.75) is 71.3 Å². The quantitative estimate of drug-likeness (QED) is 0.457. The largest absolute Gasteiger partial charge is 0.471 e. The Kier molecular flexibility index (Phi) is 7.14. The minimum Gasteiger partial charge on any atom is -0.339 e. The standard InChI is InChI=1S/C27H31F4N5O4/c1-25(2,3)20(35-24(40)27(29,30)31)23(39)36-11-16-18(26(16,4)5)19(36)22(38)33-13(10-32)9-15-14-8-12(28)6-7-17(14)34-21(15)37/h6-8,13,15-16,18-20H,9,11H2,1-5H3,(H,33,38)(H,34,37)(H,35,40)/t13-,15?,16-,18-,19-,20+/m0/s1. The van der Waals surface area contributed by atoms with E-state index in [4.69, 9.17) is 0 Å². The molecule has 9 nitrogen and oxygen atoms in total. The summed E-state index contributed by atoms with van der Waals surface area (Å²) in [5.41, 5.74) is -0.692. The van der Waals surface area contributed by atoms with Crippen LogP contribution in [0.1, 0.15) is 52.5 Å². The van der Waals surface area contributed by atoms with Gasteiger partial charge < -0.3 is 20.9 Å². The zero-order chi connectivity index (χ0) is 29.9. The predicted octanol–water partition coefficient (Wildman–Crippen LogP) is 2.84. The van der Waals surface area contributed by atoms with E-state index in [9.17, 15) is 42.0 Å². The van der Waals surface area contributed by atoms with Crippen molar-refractivity contribution in [3.05, 3.63) is 29.6 Å². The van der Waals surface area contributed by atoms with E-state index >= 15 is 0 Å². The number of nitrogens with zero attached hydrogens (tertiary/aromatic N) is 2. The number of likely N-dealkylation sites (tertiary alicyclic amines) is 1.